The van der Waals surface area contributed by atoms with E-state index in [9.17, 15) is 9.59 Å². The third-order valence-electron chi connectivity index (χ3n) is 5.01. The predicted molar refractivity (Wildman–Crippen MR) is 127 cm³/mol. The van der Waals surface area contributed by atoms with Crippen molar-refractivity contribution in [2.45, 2.75) is 20.3 Å². The topological polar surface area (TPSA) is 89.0 Å². The zero-order valence-corrected chi connectivity index (χ0v) is 19.3. The monoisotopic (exact) mass is 468 g/mol. The number of thiazole rings is 1. The van der Waals surface area contributed by atoms with Crippen LogP contribution in [-0.4, -0.2) is 27.8 Å². The van der Waals surface area contributed by atoms with E-state index < -0.39 is 0 Å². The maximum absolute atomic E-state index is 13.1. The molecule has 7 nitrogen and oxygen atoms in total. The molecular formula is C23H21ClN4O3S. The Bertz CT molecular complexity index is 1340. The van der Waals surface area contributed by atoms with Gasteiger partial charge in [-0.2, -0.15) is 4.68 Å². The van der Waals surface area contributed by atoms with Gasteiger partial charge in [0.15, 0.2) is 0 Å². The second-order valence-corrected chi connectivity index (χ2v) is 8.64. The maximum atomic E-state index is 13.1. The number of aromatic nitrogens is 3. The summed E-state index contributed by atoms with van der Waals surface area (Å²) in [5.41, 5.74) is 3.28. The van der Waals surface area contributed by atoms with Crippen molar-refractivity contribution in [1.82, 2.24) is 14.8 Å². The Morgan fingerprint density at radius 3 is 2.69 bits per heavy atom. The van der Waals surface area contributed by atoms with Gasteiger partial charge in [0.05, 0.1) is 18.5 Å². The summed E-state index contributed by atoms with van der Waals surface area (Å²) in [7, 11) is 1.52. The molecule has 2 N–H and O–H groups in total. The summed E-state index contributed by atoms with van der Waals surface area (Å²) in [6, 6.07) is 14.8. The van der Waals surface area contributed by atoms with Crippen molar-refractivity contribution in [3.05, 3.63) is 91.3 Å². The lowest BCUT2D eigenvalue weighted by molar-refractivity contribution is 0.102. The van der Waals surface area contributed by atoms with E-state index in [4.69, 9.17) is 16.3 Å². The molecule has 0 unspecified atom stereocenters. The van der Waals surface area contributed by atoms with Gasteiger partial charge in [-0.25, -0.2) is 4.98 Å². The number of carbonyl (C=O) groups is 1. The molecule has 1 amide bonds. The molecule has 2 aromatic carbocycles. The third kappa shape index (κ3) is 4.32. The molecule has 0 fully saturated rings. The van der Waals surface area contributed by atoms with Crippen LogP contribution in [0.5, 0.6) is 5.75 Å². The first-order chi connectivity index (χ1) is 15.4. The molecule has 4 aromatic rings. The SMILES string of the molecule is COc1ccc(Cl)cc1NC(=O)c1sc(-n2[nH]c(C)c(Cc3ccccc3)c2=O)nc1C. The standard InChI is InChI=1S/C23H21ClN4O3S/c1-13-17(11-15-7-5-4-6-8-15)22(30)28(27-13)23-25-14(2)20(32-23)21(29)26-18-12-16(24)9-10-19(18)31-3/h4-10,12,27H,11H2,1-3H3,(H,26,29). The second-order valence-electron chi connectivity index (χ2n) is 7.23. The first kappa shape index (κ1) is 21.9. The predicted octanol–water partition coefficient (Wildman–Crippen LogP) is 4.74. The number of benzene rings is 2. The molecule has 0 aliphatic carbocycles. The van der Waals surface area contributed by atoms with E-state index in [-0.39, 0.29) is 11.5 Å². The quantitative estimate of drug-likeness (QED) is 0.427. The minimum atomic E-state index is -0.354. The Hall–Kier alpha value is -3.36. The number of amides is 1. The first-order valence-electron chi connectivity index (χ1n) is 9.84. The maximum Gasteiger partial charge on any atom is 0.277 e. The number of H-pyrrole nitrogens is 1. The number of ether oxygens (including phenoxy) is 1. The molecule has 164 valence electrons. The van der Waals surface area contributed by atoms with Crippen LogP contribution in [0.1, 0.15) is 32.2 Å². The molecule has 0 radical (unpaired) electrons. The van der Waals surface area contributed by atoms with Crippen LogP contribution in [0.15, 0.2) is 53.3 Å². The fourth-order valence-electron chi connectivity index (χ4n) is 3.37. The summed E-state index contributed by atoms with van der Waals surface area (Å²) in [6.45, 7) is 3.59. The highest BCUT2D eigenvalue weighted by molar-refractivity contribution is 7.16. The lowest BCUT2D eigenvalue weighted by atomic mass is 10.1. The molecule has 0 atom stereocenters. The summed E-state index contributed by atoms with van der Waals surface area (Å²) < 4.78 is 6.68. The molecule has 2 aromatic heterocycles. The van der Waals surface area contributed by atoms with Gasteiger partial charge in [0.25, 0.3) is 11.5 Å². The van der Waals surface area contributed by atoms with Gasteiger partial charge in [0.2, 0.25) is 5.13 Å². The van der Waals surface area contributed by atoms with Crippen molar-refractivity contribution in [1.29, 1.82) is 0 Å². The summed E-state index contributed by atoms with van der Waals surface area (Å²) >= 11 is 7.19. The van der Waals surface area contributed by atoms with Crippen LogP contribution in [-0.2, 0) is 6.42 Å². The number of anilines is 1. The van der Waals surface area contributed by atoms with E-state index in [2.05, 4.69) is 15.4 Å². The van der Waals surface area contributed by atoms with Gasteiger partial charge in [0, 0.05) is 22.7 Å². The van der Waals surface area contributed by atoms with Crippen LogP contribution in [0.2, 0.25) is 5.02 Å². The molecule has 0 saturated heterocycles. The number of nitrogens with zero attached hydrogens (tertiary/aromatic N) is 2. The number of carbonyl (C=O) groups excluding carboxylic acids is 1. The van der Waals surface area contributed by atoms with E-state index >= 15 is 0 Å². The number of nitrogens with one attached hydrogen (secondary N) is 2. The highest BCUT2D eigenvalue weighted by atomic mass is 35.5. The van der Waals surface area contributed by atoms with E-state index in [1.165, 1.54) is 11.8 Å². The molecule has 32 heavy (non-hydrogen) atoms. The minimum Gasteiger partial charge on any atom is -0.495 e. The minimum absolute atomic E-state index is 0.177. The zero-order chi connectivity index (χ0) is 22.8. The summed E-state index contributed by atoms with van der Waals surface area (Å²) in [5, 5.41) is 6.78. The molecule has 0 aliphatic rings. The van der Waals surface area contributed by atoms with Crippen LogP contribution in [0.4, 0.5) is 5.69 Å². The Morgan fingerprint density at radius 2 is 1.97 bits per heavy atom. The van der Waals surface area contributed by atoms with E-state index in [0.717, 1.165) is 22.6 Å². The molecule has 0 saturated carbocycles. The number of hydrogen-bond acceptors (Lipinski definition) is 5. The molecular weight excluding hydrogens is 448 g/mol. The van der Waals surface area contributed by atoms with Crippen molar-refractivity contribution >= 4 is 34.5 Å². The fraction of sp³-hybridized carbons (Fsp3) is 0.174. The van der Waals surface area contributed by atoms with Crippen molar-refractivity contribution < 1.29 is 9.53 Å². The van der Waals surface area contributed by atoms with Gasteiger partial charge in [0.1, 0.15) is 10.6 Å². The van der Waals surface area contributed by atoms with Gasteiger partial charge in [-0.3, -0.25) is 14.7 Å². The molecule has 0 spiro atoms. The van der Waals surface area contributed by atoms with Crippen molar-refractivity contribution in [3.8, 4) is 10.9 Å². The Balaban J connectivity index is 1.63. The highest BCUT2D eigenvalue weighted by Crippen LogP contribution is 2.29. The lowest BCUT2D eigenvalue weighted by Gasteiger charge is -2.09. The molecule has 4 rings (SSSR count). The number of rotatable bonds is 6. The van der Waals surface area contributed by atoms with E-state index in [0.29, 0.717) is 44.1 Å². The number of aromatic amines is 1. The molecule has 9 heteroatoms. The van der Waals surface area contributed by atoms with Gasteiger partial charge < -0.3 is 10.1 Å². The van der Waals surface area contributed by atoms with Crippen molar-refractivity contribution in [2.24, 2.45) is 0 Å². The number of halogens is 1. The number of methoxy groups -OCH3 is 1. The van der Waals surface area contributed by atoms with Crippen LogP contribution in [0, 0.1) is 13.8 Å². The normalized spacial score (nSPS) is 10.9. The lowest BCUT2D eigenvalue weighted by Crippen LogP contribution is -2.17. The molecule has 2 heterocycles. The van der Waals surface area contributed by atoms with E-state index in [1.54, 1.807) is 25.1 Å². The Labute approximate surface area is 193 Å². The molecule has 0 aliphatic heterocycles. The third-order valence-corrected chi connectivity index (χ3v) is 6.39. The first-order valence-corrected chi connectivity index (χ1v) is 11.0. The number of aryl methyl sites for hydroxylation is 2. The Morgan fingerprint density at radius 1 is 1.22 bits per heavy atom. The molecule has 0 bridgehead atoms. The van der Waals surface area contributed by atoms with Crippen molar-refractivity contribution in [3.63, 3.8) is 0 Å². The second kappa shape index (κ2) is 9.02. The number of hydrogen-bond donors (Lipinski definition) is 2. The van der Waals surface area contributed by atoms with E-state index in [1.807, 2.05) is 37.3 Å². The smallest absolute Gasteiger partial charge is 0.277 e. The highest BCUT2D eigenvalue weighted by Gasteiger charge is 2.21. The largest absolute Gasteiger partial charge is 0.495 e. The van der Waals surface area contributed by atoms with Crippen LogP contribution in [0.25, 0.3) is 5.13 Å². The average Bonchev–Trinajstić information content (AvgIpc) is 3.29. The van der Waals surface area contributed by atoms with Crippen molar-refractivity contribution in [2.75, 3.05) is 12.4 Å². The van der Waals surface area contributed by atoms with Gasteiger partial charge in [-0.05, 0) is 37.6 Å². The summed E-state index contributed by atoms with van der Waals surface area (Å²) in [5.74, 6) is 0.138. The summed E-state index contributed by atoms with van der Waals surface area (Å²) in [6.07, 6.45) is 0.515. The average molecular weight is 469 g/mol. The van der Waals surface area contributed by atoms with Crippen LogP contribution >= 0.6 is 22.9 Å². The fourth-order valence-corrected chi connectivity index (χ4v) is 4.46. The van der Waals surface area contributed by atoms with Gasteiger partial charge >= 0.3 is 0 Å². The van der Waals surface area contributed by atoms with Crippen LogP contribution in [0.3, 0.4) is 0 Å². The Kier molecular flexibility index (Phi) is 6.16. The van der Waals surface area contributed by atoms with Gasteiger partial charge in [-0.1, -0.05) is 53.3 Å². The summed E-state index contributed by atoms with van der Waals surface area (Å²) in [4.78, 5) is 30.8. The van der Waals surface area contributed by atoms with Gasteiger partial charge in [-0.15, -0.1) is 0 Å². The zero-order valence-electron chi connectivity index (χ0n) is 17.7. The van der Waals surface area contributed by atoms with Crippen LogP contribution < -0.4 is 15.6 Å².